The lowest BCUT2D eigenvalue weighted by Crippen LogP contribution is -2.21. The summed E-state index contributed by atoms with van der Waals surface area (Å²) in [6.45, 7) is 0.390. The number of hydrogen-bond acceptors (Lipinski definition) is 5. The first kappa shape index (κ1) is 17.0. The van der Waals surface area contributed by atoms with Crippen LogP contribution in [0.4, 0.5) is 11.4 Å². The van der Waals surface area contributed by atoms with Gasteiger partial charge in [-0.15, -0.1) is 0 Å². The molecule has 0 atom stereocenters. The van der Waals surface area contributed by atoms with Crippen molar-refractivity contribution in [3.05, 3.63) is 69.3 Å². The second-order valence-corrected chi connectivity index (χ2v) is 5.35. The summed E-state index contributed by atoms with van der Waals surface area (Å²) in [6.07, 6.45) is 0. The van der Waals surface area contributed by atoms with Gasteiger partial charge in [0, 0.05) is 38.3 Å². The number of nitrogens with one attached hydrogen (secondary N) is 1. The highest BCUT2D eigenvalue weighted by atomic mass is 16.6. The SMILES string of the molecule is CN(C)C(=O)c1cccc(CNc2ccc([N+](=O)[O-])cc2C#N)c1. The van der Waals surface area contributed by atoms with E-state index in [1.54, 1.807) is 32.3 Å². The lowest BCUT2D eigenvalue weighted by atomic mass is 10.1. The maximum atomic E-state index is 12.0. The van der Waals surface area contributed by atoms with Crippen molar-refractivity contribution in [2.24, 2.45) is 0 Å². The van der Waals surface area contributed by atoms with Gasteiger partial charge in [0.2, 0.25) is 0 Å². The Morgan fingerprint density at radius 3 is 2.67 bits per heavy atom. The Kier molecular flexibility index (Phi) is 5.12. The van der Waals surface area contributed by atoms with Gasteiger partial charge >= 0.3 is 0 Å². The summed E-state index contributed by atoms with van der Waals surface area (Å²) >= 11 is 0. The van der Waals surface area contributed by atoms with Crippen LogP contribution in [-0.2, 0) is 6.54 Å². The molecule has 0 saturated heterocycles. The van der Waals surface area contributed by atoms with Crippen LogP contribution in [0.2, 0.25) is 0 Å². The Morgan fingerprint density at radius 2 is 2.04 bits per heavy atom. The molecule has 0 radical (unpaired) electrons. The highest BCUT2D eigenvalue weighted by Gasteiger charge is 2.11. The number of benzene rings is 2. The lowest BCUT2D eigenvalue weighted by Gasteiger charge is -2.12. The summed E-state index contributed by atoms with van der Waals surface area (Å²) in [5.41, 5.74) is 2.02. The molecule has 2 rings (SSSR count). The molecule has 24 heavy (non-hydrogen) atoms. The van der Waals surface area contributed by atoms with Gasteiger partial charge in [-0.1, -0.05) is 12.1 Å². The molecule has 0 saturated carbocycles. The van der Waals surface area contributed by atoms with E-state index in [0.717, 1.165) is 5.56 Å². The van der Waals surface area contributed by atoms with Gasteiger partial charge in [0.25, 0.3) is 11.6 Å². The number of anilines is 1. The van der Waals surface area contributed by atoms with E-state index in [9.17, 15) is 14.9 Å². The summed E-state index contributed by atoms with van der Waals surface area (Å²) < 4.78 is 0. The topological polar surface area (TPSA) is 99.3 Å². The first-order valence-electron chi connectivity index (χ1n) is 7.15. The zero-order valence-corrected chi connectivity index (χ0v) is 13.3. The maximum absolute atomic E-state index is 12.0. The van der Waals surface area contributed by atoms with E-state index < -0.39 is 4.92 Å². The molecular formula is C17H16N4O3. The Hall–Kier alpha value is -3.40. The van der Waals surface area contributed by atoms with Crippen LogP contribution in [0.15, 0.2) is 42.5 Å². The van der Waals surface area contributed by atoms with Crippen molar-refractivity contribution in [3.63, 3.8) is 0 Å². The molecule has 0 aliphatic carbocycles. The molecule has 0 unspecified atom stereocenters. The van der Waals surface area contributed by atoms with Crippen LogP contribution < -0.4 is 5.32 Å². The van der Waals surface area contributed by atoms with Gasteiger partial charge in [-0.3, -0.25) is 14.9 Å². The average molecular weight is 324 g/mol. The lowest BCUT2D eigenvalue weighted by molar-refractivity contribution is -0.384. The van der Waals surface area contributed by atoms with Crippen LogP contribution in [0.3, 0.4) is 0 Å². The quantitative estimate of drug-likeness (QED) is 0.673. The number of rotatable bonds is 5. The monoisotopic (exact) mass is 324 g/mol. The van der Waals surface area contributed by atoms with Crippen molar-refractivity contribution in [1.82, 2.24) is 4.90 Å². The minimum atomic E-state index is -0.541. The number of carbonyl (C=O) groups excluding carboxylic acids is 1. The molecule has 7 heteroatoms. The van der Waals surface area contributed by atoms with Crippen LogP contribution in [0.25, 0.3) is 0 Å². The van der Waals surface area contributed by atoms with Gasteiger partial charge in [0.05, 0.1) is 16.2 Å². The molecule has 122 valence electrons. The Balaban J connectivity index is 2.17. The first-order chi connectivity index (χ1) is 11.4. The number of nitriles is 1. The first-order valence-corrected chi connectivity index (χ1v) is 7.15. The van der Waals surface area contributed by atoms with Gasteiger partial charge in [-0.05, 0) is 23.8 Å². The molecule has 2 aromatic carbocycles. The molecule has 1 amide bonds. The maximum Gasteiger partial charge on any atom is 0.270 e. The van der Waals surface area contributed by atoms with Crippen molar-refractivity contribution in [1.29, 1.82) is 5.26 Å². The molecule has 0 aromatic heterocycles. The zero-order valence-electron chi connectivity index (χ0n) is 13.3. The third-order valence-electron chi connectivity index (χ3n) is 3.40. The molecule has 1 N–H and O–H groups in total. The normalized spacial score (nSPS) is 9.88. The third-order valence-corrected chi connectivity index (χ3v) is 3.40. The fourth-order valence-electron chi connectivity index (χ4n) is 2.16. The molecule has 0 spiro atoms. The molecule has 0 heterocycles. The predicted molar refractivity (Wildman–Crippen MR) is 89.6 cm³/mol. The van der Waals surface area contributed by atoms with Crippen LogP contribution in [0.5, 0.6) is 0 Å². The molecule has 0 aliphatic heterocycles. The number of nitrogens with zero attached hydrogens (tertiary/aromatic N) is 3. The third kappa shape index (κ3) is 3.87. The minimum absolute atomic E-state index is 0.0927. The van der Waals surface area contributed by atoms with Crippen molar-refractivity contribution >= 4 is 17.3 Å². The summed E-state index contributed by atoms with van der Waals surface area (Å²) in [5, 5.41) is 23.0. The van der Waals surface area contributed by atoms with Crippen molar-refractivity contribution < 1.29 is 9.72 Å². The number of amides is 1. The second-order valence-electron chi connectivity index (χ2n) is 5.35. The van der Waals surface area contributed by atoms with Gasteiger partial charge in [-0.25, -0.2) is 0 Å². The highest BCUT2D eigenvalue weighted by Crippen LogP contribution is 2.22. The van der Waals surface area contributed by atoms with Gasteiger partial charge in [0.1, 0.15) is 6.07 Å². The van der Waals surface area contributed by atoms with Gasteiger partial charge in [-0.2, -0.15) is 5.26 Å². The van der Waals surface area contributed by atoms with E-state index in [4.69, 9.17) is 5.26 Å². The zero-order chi connectivity index (χ0) is 17.7. The number of nitro benzene ring substituents is 1. The van der Waals surface area contributed by atoms with Gasteiger partial charge in [0.15, 0.2) is 0 Å². The van der Waals surface area contributed by atoms with Crippen LogP contribution in [-0.4, -0.2) is 29.8 Å². The summed E-state index contributed by atoms with van der Waals surface area (Å²) in [7, 11) is 3.37. The number of nitro groups is 1. The van der Waals surface area contributed by atoms with Crippen LogP contribution >= 0.6 is 0 Å². The second kappa shape index (κ2) is 7.24. The van der Waals surface area contributed by atoms with Crippen LogP contribution in [0, 0.1) is 21.4 Å². The largest absolute Gasteiger partial charge is 0.380 e. The van der Waals surface area contributed by atoms with E-state index in [-0.39, 0.29) is 17.2 Å². The number of hydrogen-bond donors (Lipinski definition) is 1. The molecule has 0 aliphatic rings. The fraction of sp³-hybridized carbons (Fsp3) is 0.176. The summed E-state index contributed by atoms with van der Waals surface area (Å²) in [5.74, 6) is -0.0927. The number of carbonyl (C=O) groups is 1. The predicted octanol–water partition coefficient (Wildman–Crippen LogP) is 2.78. The summed E-state index contributed by atoms with van der Waals surface area (Å²) in [6, 6.07) is 13.2. The van der Waals surface area contributed by atoms with Crippen molar-refractivity contribution in [2.45, 2.75) is 6.54 Å². The van der Waals surface area contributed by atoms with E-state index in [1.165, 1.54) is 23.1 Å². The van der Waals surface area contributed by atoms with E-state index in [0.29, 0.717) is 17.8 Å². The molecule has 0 fully saturated rings. The number of non-ortho nitro benzene ring substituents is 1. The minimum Gasteiger partial charge on any atom is -0.380 e. The van der Waals surface area contributed by atoms with Gasteiger partial charge < -0.3 is 10.2 Å². The standard InChI is InChI=1S/C17H16N4O3/c1-20(2)17(22)13-5-3-4-12(8-13)11-19-16-7-6-15(21(23)24)9-14(16)10-18/h3-9,19H,11H2,1-2H3. The average Bonchev–Trinajstić information content (AvgIpc) is 2.59. The van der Waals surface area contributed by atoms with Crippen molar-refractivity contribution in [3.8, 4) is 6.07 Å². The fourth-order valence-corrected chi connectivity index (χ4v) is 2.16. The summed E-state index contributed by atoms with van der Waals surface area (Å²) in [4.78, 5) is 23.7. The van der Waals surface area contributed by atoms with E-state index in [2.05, 4.69) is 5.32 Å². The van der Waals surface area contributed by atoms with E-state index >= 15 is 0 Å². The Bertz CT molecular complexity index is 825. The molecule has 7 nitrogen and oxygen atoms in total. The highest BCUT2D eigenvalue weighted by molar-refractivity contribution is 5.94. The molecule has 2 aromatic rings. The van der Waals surface area contributed by atoms with E-state index in [1.807, 2.05) is 12.1 Å². The molecular weight excluding hydrogens is 308 g/mol. The van der Waals surface area contributed by atoms with Crippen molar-refractivity contribution in [2.75, 3.05) is 19.4 Å². The molecule has 0 bridgehead atoms. The van der Waals surface area contributed by atoms with Crippen LogP contribution in [0.1, 0.15) is 21.5 Å². The Labute approximate surface area is 139 Å². The Morgan fingerprint density at radius 1 is 1.29 bits per heavy atom. The smallest absolute Gasteiger partial charge is 0.270 e.